The molecule has 3 nitrogen and oxygen atoms in total. The van der Waals surface area contributed by atoms with Crippen LogP contribution in [0.1, 0.15) is 11.1 Å². The Labute approximate surface area is 88.8 Å². The lowest BCUT2D eigenvalue weighted by Crippen LogP contribution is -1.83. The minimum atomic E-state index is 0.786. The molecule has 0 spiro atoms. The number of hydrogen-bond donors (Lipinski definition) is 1. The summed E-state index contributed by atoms with van der Waals surface area (Å²) in [5, 5.41) is 4.09. The highest BCUT2D eigenvalue weighted by molar-refractivity contribution is 5.69. The third kappa shape index (κ3) is 2.47. The van der Waals surface area contributed by atoms with Crippen molar-refractivity contribution in [3.63, 3.8) is 0 Å². The highest BCUT2D eigenvalue weighted by Crippen LogP contribution is 2.09. The van der Waals surface area contributed by atoms with Crippen LogP contribution in [0.2, 0.25) is 0 Å². The van der Waals surface area contributed by atoms with Gasteiger partial charge in [-0.3, -0.25) is 4.68 Å². The molecule has 0 fully saturated rings. The van der Waals surface area contributed by atoms with Crippen molar-refractivity contribution in [1.29, 1.82) is 0 Å². The van der Waals surface area contributed by atoms with E-state index in [0.29, 0.717) is 0 Å². The normalized spacial score (nSPS) is 11.0. The van der Waals surface area contributed by atoms with Gasteiger partial charge >= 0.3 is 0 Å². The van der Waals surface area contributed by atoms with Gasteiger partial charge in [0.15, 0.2) is 0 Å². The number of hydrogen-bond acceptors (Lipinski definition) is 2. The molecular weight excluding hydrogens is 186 g/mol. The van der Waals surface area contributed by atoms with Gasteiger partial charge in [-0.25, -0.2) is 0 Å². The second-order valence-corrected chi connectivity index (χ2v) is 3.45. The van der Waals surface area contributed by atoms with Crippen LogP contribution in [0, 0.1) is 0 Å². The molecule has 1 aromatic heterocycles. The van der Waals surface area contributed by atoms with E-state index >= 15 is 0 Å². The largest absolute Gasteiger partial charge is 0.399 e. The van der Waals surface area contributed by atoms with Gasteiger partial charge < -0.3 is 5.73 Å². The van der Waals surface area contributed by atoms with Gasteiger partial charge in [0.2, 0.25) is 0 Å². The number of nitrogens with two attached hydrogens (primary N) is 1. The summed E-state index contributed by atoms with van der Waals surface area (Å²) in [5.74, 6) is 0. The summed E-state index contributed by atoms with van der Waals surface area (Å²) in [6.45, 7) is 0. The molecular formula is C12H13N3. The molecule has 2 rings (SSSR count). The number of aromatic nitrogens is 2. The summed E-state index contributed by atoms with van der Waals surface area (Å²) < 4.78 is 1.78. The molecule has 2 N–H and O–H groups in total. The van der Waals surface area contributed by atoms with E-state index in [2.05, 4.69) is 5.10 Å². The Bertz CT molecular complexity index is 466. The first kappa shape index (κ1) is 9.52. The number of nitrogen functional groups attached to an aromatic ring is 1. The number of anilines is 1. The fourth-order valence-electron chi connectivity index (χ4n) is 1.33. The zero-order chi connectivity index (χ0) is 10.7. The molecule has 1 heterocycles. The molecule has 2 aromatic rings. The predicted molar refractivity (Wildman–Crippen MR) is 63.0 cm³/mol. The van der Waals surface area contributed by atoms with Gasteiger partial charge in [-0.05, 0) is 17.7 Å². The lowest BCUT2D eigenvalue weighted by Gasteiger charge is -1.93. The SMILES string of the molecule is Cn1cc(/C=C\c2ccc(N)cc2)cn1. The van der Waals surface area contributed by atoms with E-state index in [-0.39, 0.29) is 0 Å². The average Bonchev–Trinajstić information content (AvgIpc) is 2.64. The summed E-state index contributed by atoms with van der Waals surface area (Å²) in [7, 11) is 1.90. The quantitative estimate of drug-likeness (QED) is 0.753. The van der Waals surface area contributed by atoms with Crippen LogP contribution in [0.15, 0.2) is 36.7 Å². The highest BCUT2D eigenvalue weighted by Gasteiger charge is 1.90. The molecule has 15 heavy (non-hydrogen) atoms. The zero-order valence-corrected chi connectivity index (χ0v) is 8.59. The zero-order valence-electron chi connectivity index (χ0n) is 8.59. The molecule has 0 saturated heterocycles. The molecule has 0 amide bonds. The first-order chi connectivity index (χ1) is 7.24. The van der Waals surface area contributed by atoms with Crippen LogP contribution < -0.4 is 5.73 Å². The summed E-state index contributed by atoms with van der Waals surface area (Å²) in [6.07, 6.45) is 7.86. The second-order valence-electron chi connectivity index (χ2n) is 3.45. The van der Waals surface area contributed by atoms with E-state index in [9.17, 15) is 0 Å². The lowest BCUT2D eigenvalue weighted by atomic mass is 10.2. The van der Waals surface area contributed by atoms with Gasteiger partial charge in [-0.15, -0.1) is 0 Å². The van der Waals surface area contributed by atoms with Crippen LogP contribution in [0.3, 0.4) is 0 Å². The summed E-state index contributed by atoms with van der Waals surface area (Å²) >= 11 is 0. The maximum atomic E-state index is 5.60. The maximum absolute atomic E-state index is 5.60. The van der Waals surface area contributed by atoms with Crippen molar-refractivity contribution in [1.82, 2.24) is 9.78 Å². The van der Waals surface area contributed by atoms with Gasteiger partial charge in [-0.2, -0.15) is 5.10 Å². The van der Waals surface area contributed by atoms with Crippen LogP contribution in [0.4, 0.5) is 5.69 Å². The van der Waals surface area contributed by atoms with Gasteiger partial charge in [0.1, 0.15) is 0 Å². The van der Waals surface area contributed by atoms with E-state index in [1.807, 2.05) is 55.9 Å². The minimum absolute atomic E-state index is 0.786. The Balaban J connectivity index is 2.14. The van der Waals surface area contributed by atoms with Crippen LogP contribution in [-0.4, -0.2) is 9.78 Å². The Hall–Kier alpha value is -2.03. The van der Waals surface area contributed by atoms with E-state index in [4.69, 9.17) is 5.73 Å². The fraction of sp³-hybridized carbons (Fsp3) is 0.0833. The van der Waals surface area contributed by atoms with Crippen LogP contribution >= 0.6 is 0 Å². The van der Waals surface area contributed by atoms with Crippen LogP contribution in [-0.2, 0) is 7.05 Å². The number of aryl methyl sites for hydroxylation is 1. The average molecular weight is 199 g/mol. The molecule has 1 aromatic carbocycles. The molecule has 0 aliphatic rings. The van der Waals surface area contributed by atoms with Crippen molar-refractivity contribution in [2.75, 3.05) is 5.73 Å². The summed E-state index contributed by atoms with van der Waals surface area (Å²) in [6, 6.07) is 7.76. The van der Waals surface area contributed by atoms with E-state index in [0.717, 1.165) is 16.8 Å². The molecule has 0 radical (unpaired) electrons. The van der Waals surface area contributed by atoms with Crippen molar-refractivity contribution in [2.45, 2.75) is 0 Å². The molecule has 0 saturated carbocycles. The van der Waals surface area contributed by atoms with Gasteiger partial charge in [0.25, 0.3) is 0 Å². The van der Waals surface area contributed by atoms with Crippen molar-refractivity contribution in [3.05, 3.63) is 47.8 Å². The number of benzene rings is 1. The van der Waals surface area contributed by atoms with Crippen molar-refractivity contribution in [2.24, 2.45) is 7.05 Å². The number of nitrogens with zero attached hydrogens (tertiary/aromatic N) is 2. The van der Waals surface area contributed by atoms with Gasteiger partial charge in [-0.1, -0.05) is 24.3 Å². The number of rotatable bonds is 2. The van der Waals surface area contributed by atoms with Crippen molar-refractivity contribution >= 4 is 17.8 Å². The molecule has 0 atom stereocenters. The molecule has 0 aliphatic carbocycles. The third-order valence-corrected chi connectivity index (χ3v) is 2.13. The van der Waals surface area contributed by atoms with Gasteiger partial charge in [0.05, 0.1) is 6.20 Å². The Morgan fingerprint density at radius 2 is 1.80 bits per heavy atom. The fourth-order valence-corrected chi connectivity index (χ4v) is 1.33. The first-order valence-corrected chi connectivity index (χ1v) is 4.76. The second kappa shape index (κ2) is 4.00. The Kier molecular flexibility index (Phi) is 2.54. The predicted octanol–water partition coefficient (Wildman–Crippen LogP) is 2.17. The molecule has 0 unspecified atom stereocenters. The molecule has 0 bridgehead atoms. The summed E-state index contributed by atoms with van der Waals surface area (Å²) in [4.78, 5) is 0. The van der Waals surface area contributed by atoms with Crippen LogP contribution in [0.5, 0.6) is 0 Å². The van der Waals surface area contributed by atoms with Crippen molar-refractivity contribution < 1.29 is 0 Å². The Morgan fingerprint density at radius 1 is 1.13 bits per heavy atom. The minimum Gasteiger partial charge on any atom is -0.399 e. The lowest BCUT2D eigenvalue weighted by molar-refractivity contribution is 0.767. The topological polar surface area (TPSA) is 43.8 Å². The van der Waals surface area contributed by atoms with Crippen LogP contribution in [0.25, 0.3) is 12.2 Å². The van der Waals surface area contributed by atoms with E-state index in [1.54, 1.807) is 4.68 Å². The smallest absolute Gasteiger partial charge is 0.0562 e. The monoisotopic (exact) mass is 199 g/mol. The van der Waals surface area contributed by atoms with E-state index in [1.165, 1.54) is 0 Å². The maximum Gasteiger partial charge on any atom is 0.0562 e. The van der Waals surface area contributed by atoms with Crippen molar-refractivity contribution in [3.8, 4) is 0 Å². The summed E-state index contributed by atoms with van der Waals surface area (Å²) in [5.41, 5.74) is 8.61. The standard InChI is InChI=1S/C12H13N3/c1-15-9-11(8-14-15)3-2-10-4-6-12(13)7-5-10/h2-9H,13H2,1H3/b3-2-. The third-order valence-electron chi connectivity index (χ3n) is 2.13. The highest BCUT2D eigenvalue weighted by atomic mass is 15.2. The Morgan fingerprint density at radius 3 is 2.40 bits per heavy atom. The van der Waals surface area contributed by atoms with Gasteiger partial charge in [0, 0.05) is 24.5 Å². The first-order valence-electron chi connectivity index (χ1n) is 4.76. The molecule has 3 heteroatoms. The molecule has 76 valence electrons. The van der Waals surface area contributed by atoms with E-state index < -0.39 is 0 Å². The molecule has 0 aliphatic heterocycles.